The standard InChI is InChI=1S/C18H22N4O4S/c1-11-10-14(26-20-11)17(23)22(9-8-21(2)3)18-19-15-12(24-4)6-7-13(25-5)16(15)27-18/h6-7,10H,8-9H2,1-5H3. The second-order valence-corrected chi connectivity index (χ2v) is 7.21. The van der Waals surface area contributed by atoms with Gasteiger partial charge in [0.1, 0.15) is 21.7 Å². The minimum Gasteiger partial charge on any atom is -0.495 e. The quantitative estimate of drug-likeness (QED) is 0.613. The first kappa shape index (κ1) is 19.1. The van der Waals surface area contributed by atoms with Crippen molar-refractivity contribution in [2.24, 2.45) is 0 Å². The lowest BCUT2D eigenvalue weighted by molar-refractivity contribution is 0.0949. The molecule has 9 heteroatoms. The molecule has 27 heavy (non-hydrogen) atoms. The van der Waals surface area contributed by atoms with Gasteiger partial charge in [-0.25, -0.2) is 4.98 Å². The van der Waals surface area contributed by atoms with Crippen molar-refractivity contribution in [3.63, 3.8) is 0 Å². The van der Waals surface area contributed by atoms with E-state index in [9.17, 15) is 4.79 Å². The molecule has 0 radical (unpaired) electrons. The van der Waals surface area contributed by atoms with Gasteiger partial charge >= 0.3 is 0 Å². The van der Waals surface area contributed by atoms with E-state index in [4.69, 9.17) is 14.0 Å². The summed E-state index contributed by atoms with van der Waals surface area (Å²) in [5, 5.41) is 4.37. The molecule has 1 amide bonds. The molecule has 0 aliphatic rings. The summed E-state index contributed by atoms with van der Waals surface area (Å²) in [6.07, 6.45) is 0. The lowest BCUT2D eigenvalue weighted by Gasteiger charge is -2.20. The smallest absolute Gasteiger partial charge is 0.298 e. The van der Waals surface area contributed by atoms with Gasteiger partial charge in [0.2, 0.25) is 5.76 Å². The predicted molar refractivity (Wildman–Crippen MR) is 104 cm³/mol. The molecule has 2 heterocycles. The van der Waals surface area contributed by atoms with Crippen molar-refractivity contribution in [3.8, 4) is 11.5 Å². The molecular weight excluding hydrogens is 368 g/mol. The maximum Gasteiger partial charge on any atom is 0.298 e. The van der Waals surface area contributed by atoms with Crippen LogP contribution in [-0.4, -0.2) is 62.4 Å². The van der Waals surface area contributed by atoms with Crippen molar-refractivity contribution in [1.29, 1.82) is 0 Å². The number of fused-ring (bicyclic) bond motifs is 1. The molecule has 0 bridgehead atoms. The fraction of sp³-hybridized carbons (Fsp3) is 0.389. The number of thiazole rings is 1. The number of amides is 1. The van der Waals surface area contributed by atoms with Crippen molar-refractivity contribution in [2.75, 3.05) is 46.3 Å². The SMILES string of the molecule is COc1ccc(OC)c2sc(N(CCN(C)C)C(=O)c3cc(C)no3)nc12. The van der Waals surface area contributed by atoms with Crippen LogP contribution in [0.2, 0.25) is 0 Å². The molecule has 0 aliphatic carbocycles. The molecular formula is C18H22N4O4S. The van der Waals surface area contributed by atoms with Crippen molar-refractivity contribution < 1.29 is 18.8 Å². The first-order valence-electron chi connectivity index (χ1n) is 8.36. The number of carbonyl (C=O) groups excluding carboxylic acids is 1. The van der Waals surface area contributed by atoms with Crippen LogP contribution in [0, 0.1) is 6.92 Å². The summed E-state index contributed by atoms with van der Waals surface area (Å²) in [7, 11) is 7.09. The number of nitrogens with zero attached hydrogens (tertiary/aromatic N) is 4. The second kappa shape index (κ2) is 7.93. The van der Waals surface area contributed by atoms with Crippen molar-refractivity contribution in [3.05, 3.63) is 29.7 Å². The van der Waals surface area contributed by atoms with E-state index < -0.39 is 0 Å². The summed E-state index contributed by atoms with van der Waals surface area (Å²) in [5.74, 6) is 1.22. The molecule has 2 aromatic heterocycles. The fourth-order valence-corrected chi connectivity index (χ4v) is 3.67. The second-order valence-electron chi connectivity index (χ2n) is 6.24. The largest absolute Gasteiger partial charge is 0.495 e. The van der Waals surface area contributed by atoms with E-state index in [0.29, 0.717) is 40.9 Å². The van der Waals surface area contributed by atoms with Crippen molar-refractivity contribution >= 4 is 32.6 Å². The van der Waals surface area contributed by atoms with E-state index >= 15 is 0 Å². The van der Waals surface area contributed by atoms with Crippen molar-refractivity contribution in [1.82, 2.24) is 15.0 Å². The Labute approximate surface area is 161 Å². The Kier molecular flexibility index (Phi) is 5.62. The fourth-order valence-electron chi connectivity index (χ4n) is 2.57. The molecule has 0 unspecified atom stereocenters. The average Bonchev–Trinajstić information content (AvgIpc) is 3.27. The molecule has 0 saturated heterocycles. The molecule has 3 rings (SSSR count). The van der Waals surface area contributed by atoms with E-state index in [1.54, 1.807) is 38.2 Å². The van der Waals surface area contributed by atoms with Gasteiger partial charge in [-0.3, -0.25) is 9.69 Å². The van der Waals surface area contributed by atoms with E-state index in [2.05, 4.69) is 10.1 Å². The lowest BCUT2D eigenvalue weighted by Crippen LogP contribution is -2.36. The van der Waals surface area contributed by atoms with Gasteiger partial charge in [0.05, 0.1) is 19.9 Å². The van der Waals surface area contributed by atoms with Gasteiger partial charge in [-0.1, -0.05) is 16.5 Å². The van der Waals surface area contributed by atoms with Gasteiger partial charge in [0.15, 0.2) is 5.13 Å². The third-order valence-corrected chi connectivity index (χ3v) is 5.08. The third-order valence-electron chi connectivity index (χ3n) is 3.98. The maximum absolute atomic E-state index is 13.0. The Balaban J connectivity index is 2.07. The molecule has 8 nitrogen and oxygen atoms in total. The summed E-state index contributed by atoms with van der Waals surface area (Å²) >= 11 is 1.38. The van der Waals surface area contributed by atoms with Gasteiger partial charge in [-0.2, -0.15) is 0 Å². The van der Waals surface area contributed by atoms with E-state index in [-0.39, 0.29) is 11.7 Å². The zero-order chi connectivity index (χ0) is 19.6. The summed E-state index contributed by atoms with van der Waals surface area (Å²) in [6, 6.07) is 5.25. The molecule has 0 N–H and O–H groups in total. The lowest BCUT2D eigenvalue weighted by atomic mass is 10.3. The Morgan fingerprint density at radius 1 is 1.19 bits per heavy atom. The highest BCUT2D eigenvalue weighted by Crippen LogP contribution is 2.40. The minimum atomic E-state index is -0.283. The molecule has 0 spiro atoms. The Hall–Kier alpha value is -2.65. The maximum atomic E-state index is 13.0. The average molecular weight is 390 g/mol. The first-order valence-corrected chi connectivity index (χ1v) is 9.17. The van der Waals surface area contributed by atoms with Crippen LogP contribution in [0.15, 0.2) is 22.7 Å². The van der Waals surface area contributed by atoms with E-state index in [0.717, 1.165) is 4.70 Å². The molecule has 0 aliphatic heterocycles. The van der Waals surface area contributed by atoms with E-state index in [1.807, 2.05) is 25.1 Å². The van der Waals surface area contributed by atoms with Gasteiger partial charge in [0, 0.05) is 19.2 Å². The zero-order valence-corrected chi connectivity index (χ0v) is 16.8. The topological polar surface area (TPSA) is 80.9 Å². The number of ether oxygens (including phenoxy) is 2. The normalized spacial score (nSPS) is 11.2. The summed E-state index contributed by atoms with van der Waals surface area (Å²) in [6.45, 7) is 2.90. The predicted octanol–water partition coefficient (Wildman–Crippen LogP) is 2.82. The summed E-state index contributed by atoms with van der Waals surface area (Å²) in [5.41, 5.74) is 1.31. The number of hydrogen-bond donors (Lipinski definition) is 0. The van der Waals surface area contributed by atoms with Crippen LogP contribution in [0.25, 0.3) is 10.2 Å². The number of methoxy groups -OCH3 is 2. The van der Waals surface area contributed by atoms with Crippen LogP contribution in [0.4, 0.5) is 5.13 Å². The van der Waals surface area contributed by atoms with Gasteiger partial charge < -0.3 is 18.9 Å². The van der Waals surface area contributed by atoms with Gasteiger partial charge in [0.25, 0.3) is 5.91 Å². The zero-order valence-electron chi connectivity index (χ0n) is 16.0. The number of benzene rings is 1. The Bertz CT molecular complexity index is 909. The molecule has 1 aromatic carbocycles. The highest BCUT2D eigenvalue weighted by molar-refractivity contribution is 7.22. The Morgan fingerprint density at radius 2 is 1.89 bits per heavy atom. The minimum absolute atomic E-state index is 0.185. The number of anilines is 1. The highest BCUT2D eigenvalue weighted by atomic mass is 32.1. The van der Waals surface area contributed by atoms with Crippen LogP contribution in [0.5, 0.6) is 11.5 Å². The molecule has 144 valence electrons. The first-order chi connectivity index (χ1) is 12.9. The molecule has 0 fully saturated rings. The summed E-state index contributed by atoms with van der Waals surface area (Å²) in [4.78, 5) is 21.3. The van der Waals surface area contributed by atoms with Crippen molar-refractivity contribution in [2.45, 2.75) is 6.92 Å². The highest BCUT2D eigenvalue weighted by Gasteiger charge is 2.26. The van der Waals surface area contributed by atoms with Gasteiger partial charge in [-0.05, 0) is 33.2 Å². The van der Waals surface area contributed by atoms with E-state index in [1.165, 1.54) is 11.3 Å². The Morgan fingerprint density at radius 3 is 2.48 bits per heavy atom. The molecule has 3 aromatic rings. The number of rotatable bonds is 7. The molecule has 0 atom stereocenters. The number of hydrogen-bond acceptors (Lipinski definition) is 8. The van der Waals surface area contributed by atoms with Crippen LogP contribution in [0.3, 0.4) is 0 Å². The number of carbonyl (C=O) groups is 1. The van der Waals surface area contributed by atoms with Crippen LogP contribution < -0.4 is 14.4 Å². The number of aryl methyl sites for hydroxylation is 1. The summed E-state index contributed by atoms with van der Waals surface area (Å²) < 4.78 is 16.9. The number of likely N-dealkylation sites (N-methyl/N-ethyl adjacent to an activating group) is 1. The third kappa shape index (κ3) is 3.88. The van der Waals surface area contributed by atoms with Crippen LogP contribution >= 0.6 is 11.3 Å². The monoisotopic (exact) mass is 390 g/mol. The number of aromatic nitrogens is 2. The van der Waals surface area contributed by atoms with Gasteiger partial charge in [-0.15, -0.1) is 0 Å². The molecule has 0 saturated carbocycles. The van der Waals surface area contributed by atoms with Crippen LogP contribution in [-0.2, 0) is 0 Å². The van der Waals surface area contributed by atoms with Crippen LogP contribution in [0.1, 0.15) is 16.2 Å².